The highest BCUT2D eigenvalue weighted by molar-refractivity contribution is 7.95. The van der Waals surface area contributed by atoms with E-state index in [9.17, 15) is 21.6 Å². The quantitative estimate of drug-likeness (QED) is 0.779. The number of hydrogen-bond donors (Lipinski definition) is 1. The molecule has 0 saturated carbocycles. The molecule has 0 fully saturated rings. The molecule has 2 rings (SSSR count). The number of nitrogens with one attached hydrogen (secondary N) is 1. The Balaban J connectivity index is 2.32. The standard InChI is InChI=1S/C16H10ClF3N2O2S/c17-12-4-6-14(7-5-12)25(23,24)15(9-21)10-22-13-3-1-2-11(8-13)16(18,19)20/h1-8,10,22H/b15-10+. The van der Waals surface area contributed by atoms with Gasteiger partial charge in [0.2, 0.25) is 9.84 Å². The first kappa shape index (κ1) is 18.8. The van der Waals surface area contributed by atoms with Crippen LogP contribution < -0.4 is 5.32 Å². The minimum Gasteiger partial charge on any atom is -0.360 e. The average molecular weight is 387 g/mol. The molecule has 0 atom stereocenters. The van der Waals surface area contributed by atoms with E-state index in [-0.39, 0.29) is 10.6 Å². The van der Waals surface area contributed by atoms with Crippen molar-refractivity contribution >= 4 is 27.1 Å². The third-order valence-corrected chi connectivity index (χ3v) is 5.02. The fraction of sp³-hybridized carbons (Fsp3) is 0.0625. The van der Waals surface area contributed by atoms with Crippen molar-refractivity contribution in [2.45, 2.75) is 11.1 Å². The van der Waals surface area contributed by atoms with Gasteiger partial charge in [-0.15, -0.1) is 0 Å². The number of rotatable bonds is 4. The summed E-state index contributed by atoms with van der Waals surface area (Å²) in [6.07, 6.45) is -3.69. The molecule has 0 aliphatic rings. The number of alkyl halides is 3. The van der Waals surface area contributed by atoms with E-state index in [1.165, 1.54) is 42.5 Å². The molecule has 25 heavy (non-hydrogen) atoms. The summed E-state index contributed by atoms with van der Waals surface area (Å²) in [6.45, 7) is 0. The number of allylic oxidation sites excluding steroid dienone is 1. The van der Waals surface area contributed by atoms with Crippen LogP contribution in [0.15, 0.2) is 64.5 Å². The number of anilines is 1. The Labute approximate surface area is 147 Å². The number of hydrogen-bond acceptors (Lipinski definition) is 4. The topological polar surface area (TPSA) is 70.0 Å². The van der Waals surface area contributed by atoms with E-state index >= 15 is 0 Å². The predicted octanol–water partition coefficient (Wildman–Crippen LogP) is 4.61. The van der Waals surface area contributed by atoms with E-state index in [1.807, 2.05) is 0 Å². The van der Waals surface area contributed by atoms with Gasteiger partial charge in [-0.2, -0.15) is 18.4 Å². The average Bonchev–Trinajstić information content (AvgIpc) is 2.55. The Morgan fingerprint density at radius 2 is 1.80 bits per heavy atom. The number of benzene rings is 2. The Bertz CT molecular complexity index is 947. The summed E-state index contributed by atoms with van der Waals surface area (Å²) in [6, 6.07) is 10.9. The number of halogens is 4. The Morgan fingerprint density at radius 3 is 2.36 bits per heavy atom. The molecule has 0 saturated heterocycles. The van der Waals surface area contributed by atoms with Gasteiger partial charge in [-0.05, 0) is 42.5 Å². The van der Waals surface area contributed by atoms with Crippen molar-refractivity contribution in [1.29, 1.82) is 5.26 Å². The fourth-order valence-corrected chi connectivity index (χ4v) is 3.05. The molecule has 0 spiro atoms. The number of sulfone groups is 1. The van der Waals surface area contributed by atoms with Gasteiger partial charge >= 0.3 is 6.18 Å². The van der Waals surface area contributed by atoms with Crippen LogP contribution in [0.4, 0.5) is 18.9 Å². The van der Waals surface area contributed by atoms with E-state index in [4.69, 9.17) is 16.9 Å². The Morgan fingerprint density at radius 1 is 1.16 bits per heavy atom. The molecule has 4 nitrogen and oxygen atoms in total. The molecule has 9 heteroatoms. The van der Waals surface area contributed by atoms with Gasteiger partial charge in [0.25, 0.3) is 0 Å². The minimum atomic E-state index is -4.53. The maximum atomic E-state index is 12.7. The molecule has 2 aromatic carbocycles. The molecule has 2 aromatic rings. The first-order valence-electron chi connectivity index (χ1n) is 6.69. The van der Waals surface area contributed by atoms with Crippen LogP contribution in [0.5, 0.6) is 0 Å². The molecule has 0 unspecified atom stereocenters. The van der Waals surface area contributed by atoms with Crippen molar-refractivity contribution < 1.29 is 21.6 Å². The predicted molar refractivity (Wildman–Crippen MR) is 87.4 cm³/mol. The SMILES string of the molecule is N#C/C(=C\Nc1cccc(C(F)(F)F)c1)S(=O)(=O)c1ccc(Cl)cc1. The van der Waals surface area contributed by atoms with Gasteiger partial charge in [-0.1, -0.05) is 17.7 Å². The minimum absolute atomic E-state index is 0.00567. The lowest BCUT2D eigenvalue weighted by Crippen LogP contribution is -2.07. The molecule has 0 aliphatic heterocycles. The second kappa shape index (κ2) is 7.17. The second-order valence-electron chi connectivity index (χ2n) is 4.80. The zero-order chi connectivity index (χ0) is 18.7. The summed E-state index contributed by atoms with van der Waals surface area (Å²) < 4.78 is 62.8. The Kier molecular flexibility index (Phi) is 5.40. The maximum Gasteiger partial charge on any atom is 0.416 e. The van der Waals surface area contributed by atoms with E-state index in [1.54, 1.807) is 0 Å². The van der Waals surface area contributed by atoms with Gasteiger partial charge in [0.05, 0.1) is 10.5 Å². The van der Waals surface area contributed by atoms with Gasteiger partial charge in [-0.25, -0.2) is 8.42 Å². The second-order valence-corrected chi connectivity index (χ2v) is 7.16. The lowest BCUT2D eigenvalue weighted by molar-refractivity contribution is -0.137. The molecule has 0 bridgehead atoms. The summed E-state index contributed by atoms with van der Waals surface area (Å²) in [5, 5.41) is 11.8. The van der Waals surface area contributed by atoms with E-state index < -0.39 is 26.5 Å². The van der Waals surface area contributed by atoms with Crippen molar-refractivity contribution in [1.82, 2.24) is 0 Å². The van der Waals surface area contributed by atoms with Gasteiger partial charge in [0.15, 0.2) is 4.91 Å². The van der Waals surface area contributed by atoms with Crippen molar-refractivity contribution in [2.24, 2.45) is 0 Å². The normalized spacial score (nSPS) is 12.5. The third kappa shape index (κ3) is 4.53. The van der Waals surface area contributed by atoms with Crippen molar-refractivity contribution in [3.05, 3.63) is 70.2 Å². The molecule has 1 N–H and O–H groups in total. The lowest BCUT2D eigenvalue weighted by atomic mass is 10.2. The van der Waals surface area contributed by atoms with Crippen molar-refractivity contribution in [2.75, 3.05) is 5.32 Å². The number of nitrogens with zero attached hydrogens (tertiary/aromatic N) is 1. The van der Waals surface area contributed by atoms with Crippen LogP contribution in [0.3, 0.4) is 0 Å². The molecular formula is C16H10ClF3N2O2S. The van der Waals surface area contributed by atoms with Crippen LogP contribution in [0.1, 0.15) is 5.56 Å². The molecule has 130 valence electrons. The number of nitriles is 1. The maximum absolute atomic E-state index is 12.7. The fourth-order valence-electron chi connectivity index (χ4n) is 1.84. The highest BCUT2D eigenvalue weighted by atomic mass is 35.5. The van der Waals surface area contributed by atoms with Crippen molar-refractivity contribution in [3.8, 4) is 6.07 Å². The summed E-state index contributed by atoms with van der Waals surface area (Å²) in [7, 11) is -4.12. The van der Waals surface area contributed by atoms with Gasteiger partial charge in [0.1, 0.15) is 6.07 Å². The molecule has 0 aromatic heterocycles. The Hall–Kier alpha value is -2.50. The summed E-state index contributed by atoms with van der Waals surface area (Å²) >= 11 is 5.69. The van der Waals surface area contributed by atoms with Crippen molar-refractivity contribution in [3.63, 3.8) is 0 Å². The van der Waals surface area contributed by atoms with Gasteiger partial charge in [-0.3, -0.25) is 0 Å². The molecule has 0 heterocycles. The molecular weight excluding hydrogens is 377 g/mol. The molecule has 0 aliphatic carbocycles. The molecule has 0 radical (unpaired) electrons. The van der Waals surface area contributed by atoms with Crippen LogP contribution in [0.25, 0.3) is 0 Å². The summed E-state index contributed by atoms with van der Waals surface area (Å²) in [5.74, 6) is 0. The molecule has 0 amide bonds. The lowest BCUT2D eigenvalue weighted by Gasteiger charge is -2.09. The van der Waals surface area contributed by atoms with Gasteiger partial charge < -0.3 is 5.32 Å². The van der Waals surface area contributed by atoms with E-state index in [0.29, 0.717) is 5.02 Å². The first-order chi connectivity index (χ1) is 11.6. The van der Waals surface area contributed by atoms with E-state index in [0.717, 1.165) is 18.3 Å². The highest BCUT2D eigenvalue weighted by Gasteiger charge is 2.30. The summed E-state index contributed by atoms with van der Waals surface area (Å²) in [5.41, 5.74) is -0.904. The first-order valence-corrected chi connectivity index (χ1v) is 8.55. The summed E-state index contributed by atoms with van der Waals surface area (Å²) in [4.78, 5) is -0.803. The highest BCUT2D eigenvalue weighted by Crippen LogP contribution is 2.30. The van der Waals surface area contributed by atoms with Crippen LogP contribution in [-0.2, 0) is 16.0 Å². The zero-order valence-corrected chi connectivity index (χ0v) is 14.0. The monoisotopic (exact) mass is 386 g/mol. The smallest absolute Gasteiger partial charge is 0.360 e. The van der Waals surface area contributed by atoms with Gasteiger partial charge in [0, 0.05) is 16.9 Å². The zero-order valence-electron chi connectivity index (χ0n) is 12.4. The van der Waals surface area contributed by atoms with Crippen LogP contribution in [0.2, 0.25) is 5.02 Å². The van der Waals surface area contributed by atoms with Crippen LogP contribution in [0, 0.1) is 11.3 Å². The van der Waals surface area contributed by atoms with Crippen LogP contribution in [-0.4, -0.2) is 8.42 Å². The largest absolute Gasteiger partial charge is 0.416 e. The van der Waals surface area contributed by atoms with E-state index in [2.05, 4.69) is 5.32 Å². The van der Waals surface area contributed by atoms with Crippen LogP contribution >= 0.6 is 11.6 Å². The third-order valence-electron chi connectivity index (χ3n) is 3.08.